The van der Waals surface area contributed by atoms with E-state index in [4.69, 9.17) is 0 Å². The molecule has 3 nitrogen and oxygen atoms in total. The summed E-state index contributed by atoms with van der Waals surface area (Å²) in [4.78, 5) is 0.0823. The molecule has 0 aliphatic rings. The van der Waals surface area contributed by atoms with Crippen molar-refractivity contribution in [3.05, 3.63) is 35.9 Å². The Balaban J connectivity index is 4.40. The van der Waals surface area contributed by atoms with Gasteiger partial charge in [0.25, 0.3) is 0 Å². The minimum atomic E-state index is -3.16. The second-order valence-electron chi connectivity index (χ2n) is 2.35. The first-order valence-electron chi connectivity index (χ1n) is 3.31. The lowest BCUT2D eigenvalue weighted by atomic mass is 10.4. The summed E-state index contributed by atoms with van der Waals surface area (Å²) in [5, 5.41) is 2.75. The van der Waals surface area contributed by atoms with E-state index in [0.717, 1.165) is 6.26 Å². The van der Waals surface area contributed by atoms with E-state index in [1.807, 2.05) is 0 Å². The quantitative estimate of drug-likeness (QED) is 0.663. The Morgan fingerprint density at radius 3 is 2.17 bits per heavy atom. The summed E-state index contributed by atoms with van der Waals surface area (Å²) < 4.78 is 21.7. The Hall–Kier alpha value is -1.03. The smallest absolute Gasteiger partial charge is 0.174 e. The maximum absolute atomic E-state index is 10.8. The van der Waals surface area contributed by atoms with Gasteiger partial charge < -0.3 is 5.32 Å². The van der Waals surface area contributed by atoms with Crippen LogP contribution in [0.15, 0.2) is 35.9 Å². The van der Waals surface area contributed by atoms with Crippen molar-refractivity contribution in [2.45, 2.75) is 0 Å². The van der Waals surface area contributed by atoms with Crippen molar-refractivity contribution < 1.29 is 8.42 Å². The number of nitrogens with one attached hydrogen (secondary N) is 1. The fourth-order valence-electron chi connectivity index (χ4n) is 0.400. The Morgan fingerprint density at radius 2 is 1.83 bits per heavy atom. The van der Waals surface area contributed by atoms with Crippen LogP contribution < -0.4 is 5.32 Å². The molecule has 0 aromatic carbocycles. The second-order valence-corrected chi connectivity index (χ2v) is 4.42. The molecule has 0 atom stereocenters. The molecule has 0 rings (SSSR count). The summed E-state index contributed by atoms with van der Waals surface area (Å²) in [7, 11) is -1.45. The molecule has 0 amide bonds. The van der Waals surface area contributed by atoms with Crippen LogP contribution in [0.3, 0.4) is 0 Å². The molecule has 0 bridgehead atoms. The van der Waals surface area contributed by atoms with Gasteiger partial charge in [0.2, 0.25) is 0 Å². The summed E-state index contributed by atoms with van der Waals surface area (Å²) in [6.07, 6.45) is 4.08. The number of rotatable bonds is 4. The third-order valence-corrected chi connectivity index (χ3v) is 2.36. The molecule has 1 N–H and O–H groups in total. The summed E-state index contributed by atoms with van der Waals surface area (Å²) in [6.45, 7) is 6.98. The van der Waals surface area contributed by atoms with Crippen molar-refractivity contribution in [2.24, 2.45) is 0 Å². The normalized spacial score (nSPS) is 11.5. The Kier molecular flexibility index (Phi) is 3.76. The van der Waals surface area contributed by atoms with Gasteiger partial charge in [0, 0.05) is 19.0 Å². The van der Waals surface area contributed by atoms with Crippen LogP contribution in [0.4, 0.5) is 0 Å². The molecule has 68 valence electrons. The molecular weight excluding hydrogens is 174 g/mol. The van der Waals surface area contributed by atoms with E-state index in [-0.39, 0.29) is 4.91 Å². The van der Waals surface area contributed by atoms with Crippen molar-refractivity contribution in [1.29, 1.82) is 0 Å². The molecule has 4 heteroatoms. The van der Waals surface area contributed by atoms with Crippen LogP contribution in [-0.2, 0) is 9.84 Å². The van der Waals surface area contributed by atoms with Gasteiger partial charge >= 0.3 is 0 Å². The third kappa shape index (κ3) is 3.98. The third-order valence-electron chi connectivity index (χ3n) is 1.27. The van der Waals surface area contributed by atoms with Gasteiger partial charge in [0.05, 0.1) is 4.91 Å². The zero-order valence-corrected chi connectivity index (χ0v) is 8.11. The van der Waals surface area contributed by atoms with E-state index in [2.05, 4.69) is 18.5 Å². The molecule has 0 aliphatic heterocycles. The maximum atomic E-state index is 10.8. The summed E-state index contributed by atoms with van der Waals surface area (Å²) >= 11 is 0. The van der Waals surface area contributed by atoms with Crippen molar-refractivity contribution in [1.82, 2.24) is 5.32 Å². The lowest BCUT2D eigenvalue weighted by molar-refractivity contribution is 0.608. The first kappa shape index (κ1) is 11.0. The monoisotopic (exact) mass is 187 g/mol. The first-order chi connectivity index (χ1) is 5.38. The molecule has 0 aromatic heterocycles. The van der Waals surface area contributed by atoms with Gasteiger partial charge in [-0.2, -0.15) is 0 Å². The molecule has 0 fully saturated rings. The van der Waals surface area contributed by atoms with Gasteiger partial charge in [0.15, 0.2) is 9.84 Å². The second kappa shape index (κ2) is 4.11. The highest BCUT2D eigenvalue weighted by Crippen LogP contribution is 2.03. The minimum absolute atomic E-state index is 0.0823. The van der Waals surface area contributed by atoms with Gasteiger partial charge in [0.1, 0.15) is 0 Å². The number of likely N-dealkylation sites (N-methyl/N-ethyl adjacent to an activating group) is 1. The molecule has 0 saturated carbocycles. The predicted octanol–water partition coefficient (Wildman–Crippen LogP) is 0.834. The zero-order chi connectivity index (χ0) is 9.78. The number of hydrogen-bond acceptors (Lipinski definition) is 3. The fraction of sp³-hybridized carbons (Fsp3) is 0.250. The van der Waals surface area contributed by atoms with Crippen LogP contribution in [0.25, 0.3) is 0 Å². The number of sulfone groups is 1. The highest BCUT2D eigenvalue weighted by Gasteiger charge is 2.02. The Bertz CT molecular complexity index is 312. The maximum Gasteiger partial charge on any atom is 0.174 e. The van der Waals surface area contributed by atoms with E-state index in [1.54, 1.807) is 13.1 Å². The average Bonchev–Trinajstić information content (AvgIpc) is 1.97. The standard InChI is InChI=1S/C8H13NO2S/c1-7(9-3)5-6-8(2)12(4,10)11/h5-6,9H,1-2H2,3-4H3/b6-5-. The molecule has 0 aromatic rings. The van der Waals surface area contributed by atoms with Gasteiger partial charge in [-0.3, -0.25) is 0 Å². The molecule has 0 saturated heterocycles. The lowest BCUT2D eigenvalue weighted by Crippen LogP contribution is -2.02. The Morgan fingerprint density at radius 1 is 1.33 bits per heavy atom. The SMILES string of the molecule is C=C(/C=C\C(=C)S(C)(=O)=O)NC. The predicted molar refractivity (Wildman–Crippen MR) is 51.3 cm³/mol. The van der Waals surface area contributed by atoms with Crippen molar-refractivity contribution in [3.8, 4) is 0 Å². The van der Waals surface area contributed by atoms with Gasteiger partial charge in [-0.05, 0) is 12.2 Å². The summed E-state index contributed by atoms with van der Waals surface area (Å²) in [5.74, 6) is 0. The number of allylic oxidation sites excluding steroid dienone is 2. The lowest BCUT2D eigenvalue weighted by Gasteiger charge is -1.97. The van der Waals surface area contributed by atoms with Crippen LogP contribution in [0.1, 0.15) is 0 Å². The van der Waals surface area contributed by atoms with Crippen LogP contribution in [0, 0.1) is 0 Å². The minimum Gasteiger partial charge on any atom is -0.389 e. The van der Waals surface area contributed by atoms with Crippen molar-refractivity contribution in [2.75, 3.05) is 13.3 Å². The molecule has 0 unspecified atom stereocenters. The van der Waals surface area contributed by atoms with E-state index in [1.165, 1.54) is 6.08 Å². The average molecular weight is 187 g/mol. The van der Waals surface area contributed by atoms with Crippen LogP contribution >= 0.6 is 0 Å². The molecule has 0 radical (unpaired) electrons. The Labute approximate surface area is 73.4 Å². The highest BCUT2D eigenvalue weighted by atomic mass is 32.2. The van der Waals surface area contributed by atoms with E-state index < -0.39 is 9.84 Å². The highest BCUT2D eigenvalue weighted by molar-refractivity contribution is 7.94. The molecule has 0 spiro atoms. The molecule has 12 heavy (non-hydrogen) atoms. The van der Waals surface area contributed by atoms with Crippen molar-refractivity contribution >= 4 is 9.84 Å². The van der Waals surface area contributed by atoms with Gasteiger partial charge in [-0.1, -0.05) is 13.2 Å². The van der Waals surface area contributed by atoms with E-state index >= 15 is 0 Å². The molecular formula is C8H13NO2S. The largest absolute Gasteiger partial charge is 0.389 e. The van der Waals surface area contributed by atoms with Gasteiger partial charge in [-0.25, -0.2) is 8.42 Å². The topological polar surface area (TPSA) is 46.2 Å². The summed E-state index contributed by atoms with van der Waals surface area (Å²) in [5.41, 5.74) is 0.639. The zero-order valence-electron chi connectivity index (χ0n) is 7.29. The summed E-state index contributed by atoms with van der Waals surface area (Å²) in [6, 6.07) is 0. The van der Waals surface area contributed by atoms with Gasteiger partial charge in [-0.15, -0.1) is 0 Å². The van der Waals surface area contributed by atoms with E-state index in [0.29, 0.717) is 5.70 Å². The first-order valence-corrected chi connectivity index (χ1v) is 5.20. The fourth-order valence-corrected chi connectivity index (χ4v) is 0.716. The van der Waals surface area contributed by atoms with Crippen LogP contribution in [-0.4, -0.2) is 21.7 Å². The van der Waals surface area contributed by atoms with Crippen LogP contribution in [0.5, 0.6) is 0 Å². The van der Waals surface area contributed by atoms with Crippen LogP contribution in [0.2, 0.25) is 0 Å². The number of hydrogen-bond donors (Lipinski definition) is 1. The van der Waals surface area contributed by atoms with E-state index in [9.17, 15) is 8.42 Å². The molecule has 0 heterocycles. The van der Waals surface area contributed by atoms with Crippen molar-refractivity contribution in [3.63, 3.8) is 0 Å². The molecule has 0 aliphatic carbocycles.